The van der Waals surface area contributed by atoms with E-state index in [1.54, 1.807) is 6.20 Å². The maximum Gasteiger partial charge on any atom is 0.259 e. The number of rotatable bonds is 4. The standard InChI is InChI=1S/C17H25N3O2/c1-3-22-16-13(7-4-10-18-16)17(21)20-12-6-9-15(20)14-8-5-11-19(14)2/h4,7,10,14-15H,3,5-6,8-9,11-12H2,1-2H3/t14-,15+/m1/s1. The van der Waals surface area contributed by atoms with Gasteiger partial charge in [0.05, 0.1) is 6.61 Å². The van der Waals surface area contributed by atoms with Crippen LogP contribution in [-0.4, -0.2) is 59.5 Å². The van der Waals surface area contributed by atoms with Gasteiger partial charge >= 0.3 is 0 Å². The Bertz CT molecular complexity index is 534. The number of hydrogen-bond donors (Lipinski definition) is 0. The van der Waals surface area contributed by atoms with E-state index in [2.05, 4.69) is 16.9 Å². The number of carbonyl (C=O) groups is 1. The highest BCUT2D eigenvalue weighted by Crippen LogP contribution is 2.31. The number of hydrogen-bond acceptors (Lipinski definition) is 4. The Hall–Kier alpha value is -1.62. The zero-order valence-electron chi connectivity index (χ0n) is 13.5. The number of likely N-dealkylation sites (tertiary alicyclic amines) is 2. The fraction of sp³-hybridized carbons (Fsp3) is 0.647. The van der Waals surface area contributed by atoms with E-state index in [9.17, 15) is 4.79 Å². The van der Waals surface area contributed by atoms with Crippen LogP contribution in [0.2, 0.25) is 0 Å². The molecule has 120 valence electrons. The molecule has 0 N–H and O–H groups in total. The fourth-order valence-electron chi connectivity index (χ4n) is 3.83. The topological polar surface area (TPSA) is 45.7 Å². The van der Waals surface area contributed by atoms with Crippen molar-refractivity contribution < 1.29 is 9.53 Å². The Morgan fingerprint density at radius 2 is 2.09 bits per heavy atom. The molecule has 3 heterocycles. The van der Waals surface area contributed by atoms with Gasteiger partial charge in [-0.15, -0.1) is 0 Å². The quantitative estimate of drug-likeness (QED) is 0.855. The second-order valence-electron chi connectivity index (χ2n) is 6.19. The highest BCUT2D eigenvalue weighted by molar-refractivity contribution is 5.96. The summed E-state index contributed by atoms with van der Waals surface area (Å²) >= 11 is 0. The SMILES string of the molecule is CCOc1ncccc1C(=O)N1CCC[C@H]1[C@H]1CCCN1C. The Labute approximate surface area is 132 Å². The largest absolute Gasteiger partial charge is 0.477 e. The van der Waals surface area contributed by atoms with Crippen LogP contribution in [0.15, 0.2) is 18.3 Å². The van der Waals surface area contributed by atoms with Crippen molar-refractivity contribution in [3.63, 3.8) is 0 Å². The number of amides is 1. The molecule has 22 heavy (non-hydrogen) atoms. The summed E-state index contributed by atoms with van der Waals surface area (Å²) in [5.74, 6) is 0.528. The van der Waals surface area contributed by atoms with Crippen LogP contribution in [0.4, 0.5) is 0 Å². The minimum Gasteiger partial charge on any atom is -0.477 e. The summed E-state index contributed by atoms with van der Waals surface area (Å²) in [6.07, 6.45) is 6.29. The predicted molar refractivity (Wildman–Crippen MR) is 85.1 cm³/mol. The molecule has 1 aromatic rings. The van der Waals surface area contributed by atoms with Crippen LogP contribution in [0.1, 0.15) is 43.0 Å². The van der Waals surface area contributed by atoms with E-state index >= 15 is 0 Å². The smallest absolute Gasteiger partial charge is 0.259 e. The highest BCUT2D eigenvalue weighted by atomic mass is 16.5. The van der Waals surface area contributed by atoms with Gasteiger partial charge in [0.2, 0.25) is 5.88 Å². The van der Waals surface area contributed by atoms with Crippen LogP contribution in [0.3, 0.4) is 0 Å². The minimum atomic E-state index is 0.0688. The molecule has 2 fully saturated rings. The lowest BCUT2D eigenvalue weighted by Crippen LogP contribution is -2.47. The Morgan fingerprint density at radius 3 is 2.82 bits per heavy atom. The van der Waals surface area contributed by atoms with Crippen LogP contribution >= 0.6 is 0 Å². The highest BCUT2D eigenvalue weighted by Gasteiger charge is 2.39. The van der Waals surface area contributed by atoms with Gasteiger partial charge in [0.1, 0.15) is 5.56 Å². The summed E-state index contributed by atoms with van der Waals surface area (Å²) in [5.41, 5.74) is 0.594. The van der Waals surface area contributed by atoms with Crippen molar-refractivity contribution in [1.82, 2.24) is 14.8 Å². The Balaban J connectivity index is 1.82. The van der Waals surface area contributed by atoms with Gasteiger partial charge in [-0.25, -0.2) is 4.98 Å². The molecule has 0 unspecified atom stereocenters. The lowest BCUT2D eigenvalue weighted by Gasteiger charge is -2.33. The van der Waals surface area contributed by atoms with Crippen LogP contribution in [0, 0.1) is 0 Å². The molecule has 0 aliphatic carbocycles. The first kappa shape index (κ1) is 15.3. The molecule has 2 aliphatic heterocycles. The molecule has 0 spiro atoms. The third kappa shape index (κ3) is 2.82. The van der Waals surface area contributed by atoms with Gasteiger partial charge in [0.25, 0.3) is 5.91 Å². The van der Waals surface area contributed by atoms with Gasteiger partial charge < -0.3 is 14.5 Å². The molecule has 2 atom stereocenters. The van der Waals surface area contributed by atoms with Gasteiger partial charge in [-0.2, -0.15) is 0 Å². The lowest BCUT2D eigenvalue weighted by molar-refractivity contribution is 0.0659. The summed E-state index contributed by atoms with van der Waals surface area (Å²) in [7, 11) is 2.17. The van der Waals surface area contributed by atoms with Gasteiger partial charge in [-0.1, -0.05) is 0 Å². The number of likely N-dealkylation sites (N-methyl/N-ethyl adjacent to an activating group) is 1. The zero-order valence-corrected chi connectivity index (χ0v) is 13.5. The maximum absolute atomic E-state index is 13.0. The van der Waals surface area contributed by atoms with Gasteiger partial charge in [0, 0.05) is 24.8 Å². The second-order valence-corrected chi connectivity index (χ2v) is 6.19. The van der Waals surface area contributed by atoms with Crippen LogP contribution in [-0.2, 0) is 0 Å². The number of aromatic nitrogens is 1. The van der Waals surface area contributed by atoms with Crippen molar-refractivity contribution in [3.8, 4) is 5.88 Å². The van der Waals surface area contributed by atoms with Crippen molar-refractivity contribution >= 4 is 5.91 Å². The second kappa shape index (κ2) is 6.65. The molecule has 2 saturated heterocycles. The molecule has 3 rings (SSSR count). The number of pyridine rings is 1. The minimum absolute atomic E-state index is 0.0688. The molecular weight excluding hydrogens is 278 g/mol. The van der Waals surface area contributed by atoms with E-state index in [-0.39, 0.29) is 5.91 Å². The van der Waals surface area contributed by atoms with Crippen LogP contribution in [0.25, 0.3) is 0 Å². The first-order chi connectivity index (χ1) is 10.7. The molecular formula is C17H25N3O2. The van der Waals surface area contributed by atoms with Crippen molar-refractivity contribution in [1.29, 1.82) is 0 Å². The molecule has 0 aromatic carbocycles. The van der Waals surface area contributed by atoms with Crippen LogP contribution < -0.4 is 4.74 Å². The molecule has 0 bridgehead atoms. The molecule has 1 aromatic heterocycles. The van der Waals surface area contributed by atoms with Crippen molar-refractivity contribution in [2.45, 2.75) is 44.7 Å². The van der Waals surface area contributed by atoms with E-state index in [1.807, 2.05) is 24.0 Å². The molecule has 0 radical (unpaired) electrons. The fourth-order valence-corrected chi connectivity index (χ4v) is 3.83. The summed E-state index contributed by atoms with van der Waals surface area (Å²) in [6.45, 7) is 4.41. The van der Waals surface area contributed by atoms with E-state index < -0.39 is 0 Å². The molecule has 5 heteroatoms. The third-order valence-electron chi connectivity index (χ3n) is 4.86. The molecule has 2 aliphatic rings. The Morgan fingerprint density at radius 1 is 1.32 bits per heavy atom. The summed E-state index contributed by atoms with van der Waals surface area (Å²) in [6, 6.07) is 4.46. The average Bonchev–Trinajstić information content (AvgIpc) is 3.15. The van der Waals surface area contributed by atoms with E-state index in [4.69, 9.17) is 4.74 Å². The summed E-state index contributed by atoms with van der Waals surface area (Å²) < 4.78 is 5.53. The molecule has 5 nitrogen and oxygen atoms in total. The molecule has 0 saturated carbocycles. The van der Waals surface area contributed by atoms with Crippen molar-refractivity contribution in [2.24, 2.45) is 0 Å². The summed E-state index contributed by atoms with van der Waals surface area (Å²) in [5, 5.41) is 0. The predicted octanol–water partition coefficient (Wildman–Crippen LogP) is 2.18. The normalized spacial score (nSPS) is 25.6. The Kier molecular flexibility index (Phi) is 4.62. The van der Waals surface area contributed by atoms with E-state index in [1.165, 1.54) is 12.8 Å². The van der Waals surface area contributed by atoms with Crippen LogP contribution in [0.5, 0.6) is 5.88 Å². The number of nitrogens with zero attached hydrogens (tertiary/aromatic N) is 3. The van der Waals surface area contributed by atoms with Gasteiger partial charge in [0.15, 0.2) is 0 Å². The number of ether oxygens (including phenoxy) is 1. The van der Waals surface area contributed by atoms with E-state index in [0.29, 0.717) is 30.1 Å². The number of carbonyl (C=O) groups excluding carboxylic acids is 1. The summed E-state index contributed by atoms with van der Waals surface area (Å²) in [4.78, 5) is 21.7. The first-order valence-corrected chi connectivity index (χ1v) is 8.31. The average molecular weight is 303 g/mol. The monoisotopic (exact) mass is 303 g/mol. The third-order valence-corrected chi connectivity index (χ3v) is 4.86. The van der Waals surface area contributed by atoms with Crippen molar-refractivity contribution in [3.05, 3.63) is 23.9 Å². The zero-order chi connectivity index (χ0) is 15.5. The lowest BCUT2D eigenvalue weighted by atomic mass is 10.0. The van der Waals surface area contributed by atoms with E-state index in [0.717, 1.165) is 25.9 Å². The first-order valence-electron chi connectivity index (χ1n) is 8.31. The molecule has 1 amide bonds. The van der Waals surface area contributed by atoms with Gasteiger partial charge in [-0.05, 0) is 58.3 Å². The van der Waals surface area contributed by atoms with Gasteiger partial charge in [-0.3, -0.25) is 4.79 Å². The van der Waals surface area contributed by atoms with Crippen molar-refractivity contribution in [2.75, 3.05) is 26.7 Å². The maximum atomic E-state index is 13.0.